The Morgan fingerprint density at radius 1 is 1.16 bits per heavy atom. The zero-order valence-electron chi connectivity index (χ0n) is 14.4. The van der Waals surface area contributed by atoms with Gasteiger partial charge in [-0.3, -0.25) is 4.79 Å². The van der Waals surface area contributed by atoms with Crippen LogP contribution in [0.3, 0.4) is 0 Å². The maximum atomic E-state index is 12.0. The van der Waals surface area contributed by atoms with Crippen LogP contribution in [0.1, 0.15) is 31.2 Å². The molecule has 0 saturated carbocycles. The Hall–Kier alpha value is -2.28. The molecule has 1 aromatic rings. The second-order valence-electron chi connectivity index (χ2n) is 5.97. The monoisotopic (exact) mass is 350 g/mol. The number of benzene rings is 1. The van der Waals surface area contributed by atoms with Gasteiger partial charge < -0.3 is 25.3 Å². The fraction of sp³-hybridized carbons (Fsp3) is 0.556. The van der Waals surface area contributed by atoms with Crippen LogP contribution >= 0.6 is 0 Å². The molecule has 0 aliphatic carbocycles. The molecule has 1 saturated heterocycles. The van der Waals surface area contributed by atoms with Gasteiger partial charge in [0, 0.05) is 32.1 Å². The lowest BCUT2D eigenvalue weighted by atomic mass is 10.1. The van der Waals surface area contributed by atoms with Crippen LogP contribution in [0.5, 0.6) is 5.75 Å². The van der Waals surface area contributed by atoms with Crippen LogP contribution in [0.15, 0.2) is 24.3 Å². The standard InChI is InChI=1S/C18H26N2O5/c19-18(22)25-11-1-10-24-16-5-2-14(3-6-16)4-7-17(21)20-15-8-12-23-13-9-15/h2-3,5-6,15H,1,4,7-13H2,(H2,19,22)(H,20,21). The van der Waals surface area contributed by atoms with E-state index in [-0.39, 0.29) is 18.6 Å². The summed E-state index contributed by atoms with van der Waals surface area (Å²) in [5.41, 5.74) is 5.96. The molecule has 2 rings (SSSR count). The highest BCUT2D eigenvalue weighted by molar-refractivity contribution is 5.76. The lowest BCUT2D eigenvalue weighted by Crippen LogP contribution is -2.38. The van der Waals surface area contributed by atoms with Gasteiger partial charge in [0.1, 0.15) is 5.75 Å². The van der Waals surface area contributed by atoms with Crippen molar-refractivity contribution >= 4 is 12.0 Å². The minimum atomic E-state index is -0.773. The van der Waals surface area contributed by atoms with Crippen molar-refractivity contribution in [1.29, 1.82) is 0 Å². The molecule has 0 radical (unpaired) electrons. The van der Waals surface area contributed by atoms with E-state index in [0.29, 0.717) is 25.9 Å². The molecule has 0 spiro atoms. The number of carbonyl (C=O) groups is 2. The molecule has 1 heterocycles. The quantitative estimate of drug-likeness (QED) is 0.661. The van der Waals surface area contributed by atoms with Crippen molar-refractivity contribution in [1.82, 2.24) is 5.32 Å². The topological polar surface area (TPSA) is 99.9 Å². The number of aryl methyl sites for hydroxylation is 1. The van der Waals surface area contributed by atoms with E-state index < -0.39 is 6.09 Å². The van der Waals surface area contributed by atoms with E-state index in [1.54, 1.807) is 0 Å². The van der Waals surface area contributed by atoms with Crippen molar-refractivity contribution in [3.8, 4) is 5.75 Å². The molecule has 1 fully saturated rings. The van der Waals surface area contributed by atoms with Crippen molar-refractivity contribution in [3.05, 3.63) is 29.8 Å². The van der Waals surface area contributed by atoms with Gasteiger partial charge >= 0.3 is 6.09 Å². The molecule has 2 amide bonds. The molecule has 1 aliphatic heterocycles. The normalized spacial score (nSPS) is 14.7. The zero-order valence-corrected chi connectivity index (χ0v) is 14.4. The molecule has 1 aliphatic rings. The second-order valence-corrected chi connectivity index (χ2v) is 5.97. The highest BCUT2D eigenvalue weighted by Crippen LogP contribution is 2.14. The summed E-state index contributed by atoms with van der Waals surface area (Å²) in [7, 11) is 0. The van der Waals surface area contributed by atoms with Crippen LogP contribution in [0.2, 0.25) is 0 Å². The number of amides is 2. The number of carbonyl (C=O) groups excluding carboxylic acids is 2. The summed E-state index contributed by atoms with van der Waals surface area (Å²) in [6.07, 6.45) is 2.76. The Morgan fingerprint density at radius 2 is 1.88 bits per heavy atom. The third-order valence-electron chi connectivity index (χ3n) is 3.95. The van der Waals surface area contributed by atoms with E-state index in [9.17, 15) is 9.59 Å². The Kier molecular flexibility index (Phi) is 8.04. The van der Waals surface area contributed by atoms with E-state index in [2.05, 4.69) is 10.1 Å². The van der Waals surface area contributed by atoms with Crippen LogP contribution in [-0.2, 0) is 20.7 Å². The Balaban J connectivity index is 1.62. The third kappa shape index (κ3) is 7.89. The van der Waals surface area contributed by atoms with Crippen LogP contribution in [0, 0.1) is 0 Å². The molecule has 3 N–H and O–H groups in total. The number of primary amides is 1. The summed E-state index contributed by atoms with van der Waals surface area (Å²) < 4.78 is 15.5. The predicted octanol–water partition coefficient (Wildman–Crippen LogP) is 1.78. The maximum absolute atomic E-state index is 12.0. The van der Waals surface area contributed by atoms with Gasteiger partial charge in [0.2, 0.25) is 5.91 Å². The number of nitrogens with one attached hydrogen (secondary N) is 1. The Labute approximate surface area is 147 Å². The first-order valence-corrected chi connectivity index (χ1v) is 8.64. The minimum Gasteiger partial charge on any atom is -0.493 e. The van der Waals surface area contributed by atoms with Gasteiger partial charge in [-0.15, -0.1) is 0 Å². The highest BCUT2D eigenvalue weighted by atomic mass is 16.5. The van der Waals surface area contributed by atoms with Gasteiger partial charge in [0.15, 0.2) is 0 Å². The molecule has 0 atom stereocenters. The van der Waals surface area contributed by atoms with E-state index in [4.69, 9.17) is 15.2 Å². The highest BCUT2D eigenvalue weighted by Gasteiger charge is 2.15. The van der Waals surface area contributed by atoms with Crippen LogP contribution in [0.25, 0.3) is 0 Å². The van der Waals surface area contributed by atoms with Crippen molar-refractivity contribution in [2.45, 2.75) is 38.1 Å². The molecular weight excluding hydrogens is 324 g/mol. The average Bonchev–Trinajstić information content (AvgIpc) is 2.61. The molecular formula is C18H26N2O5. The summed E-state index contributed by atoms with van der Waals surface area (Å²) in [5.74, 6) is 0.830. The predicted molar refractivity (Wildman–Crippen MR) is 92.4 cm³/mol. The van der Waals surface area contributed by atoms with Crippen molar-refractivity contribution in [2.24, 2.45) is 5.73 Å². The molecule has 0 aromatic heterocycles. The van der Waals surface area contributed by atoms with Gasteiger partial charge in [-0.1, -0.05) is 12.1 Å². The SMILES string of the molecule is NC(=O)OCCCOc1ccc(CCC(=O)NC2CCOCC2)cc1. The summed E-state index contributed by atoms with van der Waals surface area (Å²) in [6, 6.07) is 7.91. The largest absolute Gasteiger partial charge is 0.493 e. The first-order valence-electron chi connectivity index (χ1n) is 8.64. The summed E-state index contributed by atoms with van der Waals surface area (Å²) >= 11 is 0. The summed E-state index contributed by atoms with van der Waals surface area (Å²) in [6.45, 7) is 2.14. The number of ether oxygens (including phenoxy) is 3. The molecule has 25 heavy (non-hydrogen) atoms. The fourth-order valence-corrected chi connectivity index (χ4v) is 2.57. The number of hydrogen-bond acceptors (Lipinski definition) is 5. The number of nitrogens with two attached hydrogens (primary N) is 1. The van der Waals surface area contributed by atoms with Crippen molar-refractivity contribution in [2.75, 3.05) is 26.4 Å². The zero-order chi connectivity index (χ0) is 17.9. The van der Waals surface area contributed by atoms with Gasteiger partial charge in [0.25, 0.3) is 0 Å². The van der Waals surface area contributed by atoms with Gasteiger partial charge in [0.05, 0.1) is 13.2 Å². The Bertz CT molecular complexity index is 541. The lowest BCUT2D eigenvalue weighted by molar-refractivity contribution is -0.122. The fourth-order valence-electron chi connectivity index (χ4n) is 2.57. The average molecular weight is 350 g/mol. The van der Waals surface area contributed by atoms with E-state index in [0.717, 1.165) is 37.4 Å². The van der Waals surface area contributed by atoms with Crippen LogP contribution in [-0.4, -0.2) is 44.5 Å². The third-order valence-corrected chi connectivity index (χ3v) is 3.95. The molecule has 7 heteroatoms. The molecule has 1 aromatic carbocycles. The maximum Gasteiger partial charge on any atom is 0.404 e. The minimum absolute atomic E-state index is 0.0849. The smallest absolute Gasteiger partial charge is 0.404 e. The van der Waals surface area contributed by atoms with E-state index in [1.807, 2.05) is 24.3 Å². The molecule has 138 valence electrons. The number of hydrogen-bond donors (Lipinski definition) is 2. The van der Waals surface area contributed by atoms with Gasteiger partial charge in [-0.25, -0.2) is 4.79 Å². The molecule has 7 nitrogen and oxygen atoms in total. The van der Waals surface area contributed by atoms with E-state index >= 15 is 0 Å². The van der Waals surface area contributed by atoms with Crippen LogP contribution in [0.4, 0.5) is 4.79 Å². The van der Waals surface area contributed by atoms with Crippen molar-refractivity contribution in [3.63, 3.8) is 0 Å². The molecule has 0 unspecified atom stereocenters. The second kappa shape index (κ2) is 10.6. The first kappa shape index (κ1) is 19.1. The summed E-state index contributed by atoms with van der Waals surface area (Å²) in [5, 5.41) is 3.06. The van der Waals surface area contributed by atoms with Gasteiger partial charge in [-0.05, 0) is 37.0 Å². The Morgan fingerprint density at radius 3 is 2.56 bits per heavy atom. The lowest BCUT2D eigenvalue weighted by Gasteiger charge is -2.23. The number of rotatable bonds is 9. The first-order chi connectivity index (χ1) is 12.1. The molecule has 0 bridgehead atoms. The summed E-state index contributed by atoms with van der Waals surface area (Å²) in [4.78, 5) is 22.4. The van der Waals surface area contributed by atoms with E-state index in [1.165, 1.54) is 0 Å². The van der Waals surface area contributed by atoms with Crippen molar-refractivity contribution < 1.29 is 23.8 Å². The van der Waals surface area contributed by atoms with Crippen LogP contribution < -0.4 is 15.8 Å². The van der Waals surface area contributed by atoms with Gasteiger partial charge in [-0.2, -0.15) is 0 Å².